The number of nitrogens with zero attached hydrogens (tertiary/aromatic N) is 2. The molecule has 0 N–H and O–H groups in total. The van der Waals surface area contributed by atoms with Gasteiger partial charge in [0.25, 0.3) is 0 Å². The Balaban J connectivity index is 2.02. The zero-order valence-corrected chi connectivity index (χ0v) is 25.8. The summed E-state index contributed by atoms with van der Waals surface area (Å²) in [7, 11) is 0. The minimum Gasteiger partial charge on any atom is -0.492 e. The van der Waals surface area contributed by atoms with E-state index < -0.39 is 0 Å². The lowest BCUT2D eigenvalue weighted by Gasteiger charge is -2.20. The van der Waals surface area contributed by atoms with Gasteiger partial charge in [-0.1, -0.05) is 38.1 Å². The van der Waals surface area contributed by atoms with E-state index in [9.17, 15) is 0 Å². The van der Waals surface area contributed by atoms with E-state index in [4.69, 9.17) is 55.9 Å². The van der Waals surface area contributed by atoms with E-state index in [0.29, 0.717) is 36.7 Å². The fourth-order valence-corrected chi connectivity index (χ4v) is 5.38. The lowest BCUT2D eigenvalue weighted by Crippen LogP contribution is -2.32. The van der Waals surface area contributed by atoms with Crippen LogP contribution in [0.25, 0.3) is 11.1 Å². The highest BCUT2D eigenvalue weighted by atomic mass is 35.5. The molecule has 2 aromatic carbocycles. The molecule has 0 unspecified atom stereocenters. The highest BCUT2D eigenvalue weighted by Gasteiger charge is 2.11. The zero-order chi connectivity index (χ0) is 27.6. The maximum Gasteiger partial charge on any atom is 0.119 e. The Morgan fingerprint density at radius 1 is 0.526 bits per heavy atom. The molecule has 0 radical (unpaired) electrons. The second-order valence-corrected chi connectivity index (χ2v) is 10.4. The molecule has 0 saturated heterocycles. The highest BCUT2D eigenvalue weighted by molar-refractivity contribution is 6.18. The van der Waals surface area contributed by atoms with Gasteiger partial charge in [0.05, 0.1) is 0 Å². The van der Waals surface area contributed by atoms with Crippen molar-refractivity contribution in [2.75, 3.05) is 76.0 Å². The van der Waals surface area contributed by atoms with E-state index in [1.807, 2.05) is 0 Å². The summed E-state index contributed by atoms with van der Waals surface area (Å²) in [6, 6.07) is 16.9. The molecule has 0 spiro atoms. The molecule has 0 fully saturated rings. The summed E-state index contributed by atoms with van der Waals surface area (Å²) in [4.78, 5) is 4.43. The van der Waals surface area contributed by atoms with E-state index in [1.165, 1.54) is 22.3 Å². The first-order chi connectivity index (χ1) is 18.6. The van der Waals surface area contributed by atoms with Crippen molar-refractivity contribution >= 4 is 57.5 Å². The molecule has 0 aliphatic rings. The quantitative estimate of drug-likeness (QED) is 0.114. The molecule has 0 amide bonds. The fraction of sp³-hybridized carbons (Fsp3) is 0.533. The minimum absolute atomic E-state index is 0.593. The van der Waals surface area contributed by atoms with Crippen LogP contribution in [0, 0.1) is 0 Å². The average Bonchev–Trinajstić information content (AvgIpc) is 2.93. The van der Waals surface area contributed by atoms with Crippen LogP contribution < -0.4 is 9.47 Å². The van der Waals surface area contributed by atoms with Crippen LogP contribution in [0.5, 0.6) is 11.5 Å². The molecule has 38 heavy (non-hydrogen) atoms. The second-order valence-electron chi connectivity index (χ2n) is 8.85. The Labute approximate surface area is 249 Å². The fourth-order valence-electron chi connectivity index (χ4n) is 4.42. The van der Waals surface area contributed by atoms with Crippen LogP contribution in [0.3, 0.4) is 0 Å². The SMILES string of the molecule is CCC(=C(CC)c1ccc(OCCN(CCCl)CCCl)cc1)c1ccc(OCCN(CCCl)CCCl)cc1. The molecule has 0 atom stereocenters. The smallest absolute Gasteiger partial charge is 0.119 e. The number of alkyl halides is 4. The van der Waals surface area contributed by atoms with Crippen molar-refractivity contribution in [2.24, 2.45) is 0 Å². The van der Waals surface area contributed by atoms with Gasteiger partial charge in [-0.2, -0.15) is 0 Å². The monoisotopic (exact) mass is 602 g/mol. The Hall–Kier alpha value is -1.14. The van der Waals surface area contributed by atoms with Crippen molar-refractivity contribution in [2.45, 2.75) is 26.7 Å². The van der Waals surface area contributed by atoms with Gasteiger partial charge in [0.15, 0.2) is 0 Å². The molecule has 0 aliphatic carbocycles. The van der Waals surface area contributed by atoms with Gasteiger partial charge in [-0.15, -0.1) is 46.4 Å². The number of allylic oxidation sites excluding steroid dienone is 2. The molecule has 8 heteroatoms. The predicted molar refractivity (Wildman–Crippen MR) is 167 cm³/mol. The number of halogens is 4. The largest absolute Gasteiger partial charge is 0.492 e. The Kier molecular flexibility index (Phi) is 17.3. The summed E-state index contributed by atoms with van der Waals surface area (Å²) >= 11 is 23.5. The summed E-state index contributed by atoms with van der Waals surface area (Å²) in [5.41, 5.74) is 5.14. The summed E-state index contributed by atoms with van der Waals surface area (Å²) in [5, 5.41) is 0. The van der Waals surface area contributed by atoms with Crippen LogP contribution in [0.1, 0.15) is 37.8 Å². The average molecular weight is 604 g/mol. The summed E-state index contributed by atoms with van der Waals surface area (Å²) in [5.74, 6) is 4.12. The molecule has 0 aromatic heterocycles. The molecule has 2 rings (SSSR count). The lowest BCUT2D eigenvalue weighted by molar-refractivity contribution is 0.224. The maximum atomic E-state index is 5.98. The van der Waals surface area contributed by atoms with Crippen molar-refractivity contribution in [3.05, 3.63) is 59.7 Å². The molecule has 0 aliphatic heterocycles. The second kappa shape index (κ2) is 19.8. The van der Waals surface area contributed by atoms with Crippen LogP contribution in [-0.2, 0) is 0 Å². The minimum atomic E-state index is 0.593. The predicted octanol–water partition coefficient (Wildman–Crippen LogP) is 7.73. The lowest BCUT2D eigenvalue weighted by atomic mass is 9.91. The van der Waals surface area contributed by atoms with Crippen LogP contribution in [0.15, 0.2) is 48.5 Å². The van der Waals surface area contributed by atoms with Gasteiger partial charge in [-0.05, 0) is 59.4 Å². The standard InChI is InChI=1S/C30H42Cl4N2O2/c1-3-29(25-5-9-27(10-6-25)37-23-21-35(17-13-31)18-14-32)30(4-2)26-7-11-28(12-8-26)38-24-22-36(19-15-33)20-16-34/h5-12H,3-4,13-24H2,1-2H3. The van der Waals surface area contributed by atoms with E-state index in [2.05, 4.69) is 72.2 Å². The van der Waals surface area contributed by atoms with Gasteiger partial charge in [0, 0.05) is 62.8 Å². The molecule has 0 saturated carbocycles. The molecular formula is C30H42Cl4N2O2. The Bertz CT molecular complexity index is 835. The van der Waals surface area contributed by atoms with E-state index in [0.717, 1.165) is 63.6 Å². The van der Waals surface area contributed by atoms with Crippen LogP contribution >= 0.6 is 46.4 Å². The number of hydrogen-bond acceptors (Lipinski definition) is 4. The Morgan fingerprint density at radius 3 is 1.11 bits per heavy atom. The number of benzene rings is 2. The Morgan fingerprint density at radius 2 is 0.842 bits per heavy atom. The van der Waals surface area contributed by atoms with Crippen molar-refractivity contribution < 1.29 is 9.47 Å². The van der Waals surface area contributed by atoms with Crippen molar-refractivity contribution in [1.29, 1.82) is 0 Å². The molecule has 212 valence electrons. The first-order valence-electron chi connectivity index (χ1n) is 13.5. The van der Waals surface area contributed by atoms with Gasteiger partial charge in [-0.3, -0.25) is 9.80 Å². The van der Waals surface area contributed by atoms with E-state index >= 15 is 0 Å². The first kappa shape index (κ1) is 33.1. The van der Waals surface area contributed by atoms with Gasteiger partial charge in [0.2, 0.25) is 0 Å². The zero-order valence-electron chi connectivity index (χ0n) is 22.7. The summed E-state index contributed by atoms with van der Waals surface area (Å²) in [6.07, 6.45) is 1.90. The third-order valence-electron chi connectivity index (χ3n) is 6.43. The normalized spacial score (nSPS) is 12.2. The molecule has 0 heterocycles. The number of rotatable bonds is 20. The van der Waals surface area contributed by atoms with Gasteiger partial charge in [0.1, 0.15) is 24.7 Å². The summed E-state index contributed by atoms with van der Waals surface area (Å²) in [6.45, 7) is 10.5. The number of hydrogen-bond donors (Lipinski definition) is 0. The molecule has 2 aromatic rings. The summed E-state index contributed by atoms with van der Waals surface area (Å²) < 4.78 is 12.0. The van der Waals surface area contributed by atoms with Gasteiger partial charge < -0.3 is 9.47 Å². The van der Waals surface area contributed by atoms with Crippen LogP contribution in [0.2, 0.25) is 0 Å². The van der Waals surface area contributed by atoms with Crippen molar-refractivity contribution in [1.82, 2.24) is 9.80 Å². The third kappa shape index (κ3) is 11.5. The topological polar surface area (TPSA) is 24.9 Å². The van der Waals surface area contributed by atoms with Crippen LogP contribution in [-0.4, -0.2) is 85.8 Å². The van der Waals surface area contributed by atoms with E-state index in [1.54, 1.807) is 0 Å². The molecule has 4 nitrogen and oxygen atoms in total. The number of ether oxygens (including phenoxy) is 2. The van der Waals surface area contributed by atoms with Gasteiger partial charge >= 0.3 is 0 Å². The maximum absolute atomic E-state index is 5.98. The van der Waals surface area contributed by atoms with E-state index in [-0.39, 0.29) is 0 Å². The molecular weight excluding hydrogens is 562 g/mol. The van der Waals surface area contributed by atoms with Crippen molar-refractivity contribution in [3.8, 4) is 11.5 Å². The third-order valence-corrected chi connectivity index (χ3v) is 7.11. The molecule has 0 bridgehead atoms. The van der Waals surface area contributed by atoms with Crippen molar-refractivity contribution in [3.63, 3.8) is 0 Å². The first-order valence-corrected chi connectivity index (χ1v) is 15.6. The van der Waals surface area contributed by atoms with Crippen LogP contribution in [0.4, 0.5) is 0 Å². The highest BCUT2D eigenvalue weighted by Crippen LogP contribution is 2.33. The van der Waals surface area contributed by atoms with Gasteiger partial charge in [-0.25, -0.2) is 0 Å².